The normalized spacial score (nSPS) is 10.8. The summed E-state index contributed by atoms with van der Waals surface area (Å²) in [7, 11) is -2.53. The van der Waals surface area contributed by atoms with E-state index >= 15 is 0 Å². The van der Waals surface area contributed by atoms with Crippen LogP contribution in [0, 0.1) is 17.7 Å². The van der Waals surface area contributed by atoms with Gasteiger partial charge in [-0.1, -0.05) is 11.8 Å². The van der Waals surface area contributed by atoms with Crippen molar-refractivity contribution >= 4 is 15.8 Å². The number of aromatic amines is 1. The smallest absolute Gasteiger partial charge is 0.337 e. The predicted octanol–water partition coefficient (Wildman–Crippen LogP) is 2.71. The molecule has 0 fully saturated rings. The van der Waals surface area contributed by atoms with Gasteiger partial charge in [0.1, 0.15) is 5.82 Å². The molecule has 0 spiro atoms. The van der Waals surface area contributed by atoms with Gasteiger partial charge < -0.3 is 4.74 Å². The molecule has 0 aliphatic rings. The van der Waals surface area contributed by atoms with E-state index in [1.807, 2.05) is 0 Å². The number of carbonyl (C=O) groups is 1. The highest BCUT2D eigenvalue weighted by molar-refractivity contribution is 7.90. The number of ether oxygens (including phenoxy) is 1. The van der Waals surface area contributed by atoms with Gasteiger partial charge in [0, 0.05) is 17.3 Å². The Morgan fingerprint density at radius 1 is 1.14 bits per heavy atom. The zero-order valence-electron chi connectivity index (χ0n) is 14.8. The number of hydrogen-bond acceptors (Lipinski definition) is 5. The van der Waals surface area contributed by atoms with Gasteiger partial charge in [0.05, 0.1) is 29.0 Å². The molecule has 3 rings (SSSR count). The fourth-order valence-electron chi connectivity index (χ4n) is 2.46. The van der Waals surface area contributed by atoms with Crippen LogP contribution >= 0.6 is 0 Å². The number of benzene rings is 2. The highest BCUT2D eigenvalue weighted by atomic mass is 32.2. The number of nitrogens with zero attached hydrogens (tertiary/aromatic N) is 1. The van der Waals surface area contributed by atoms with Gasteiger partial charge in [0.25, 0.3) is 0 Å². The van der Waals surface area contributed by atoms with E-state index in [4.69, 9.17) is 0 Å². The van der Waals surface area contributed by atoms with Crippen LogP contribution in [0.5, 0.6) is 0 Å². The van der Waals surface area contributed by atoms with E-state index in [1.165, 1.54) is 55.8 Å². The maximum absolute atomic E-state index is 13.0. The number of H-pyrrole nitrogens is 1. The summed E-state index contributed by atoms with van der Waals surface area (Å²) >= 11 is 0. The van der Waals surface area contributed by atoms with Crippen molar-refractivity contribution in [3.63, 3.8) is 0 Å². The number of carbonyl (C=O) groups excluding carboxylic acids is 1. The molecule has 28 heavy (non-hydrogen) atoms. The molecule has 2 aromatic carbocycles. The Bertz CT molecular complexity index is 1160. The summed E-state index contributed by atoms with van der Waals surface area (Å²) in [5.41, 5.74) is 1.24. The van der Waals surface area contributed by atoms with Crippen LogP contribution in [0.4, 0.5) is 4.39 Å². The highest BCUT2D eigenvalue weighted by Gasteiger charge is 2.21. The fraction of sp³-hybridized carbons (Fsp3) is 0.100. The van der Waals surface area contributed by atoms with Gasteiger partial charge in [-0.25, -0.2) is 17.6 Å². The van der Waals surface area contributed by atoms with E-state index in [2.05, 4.69) is 26.8 Å². The van der Waals surface area contributed by atoms with Gasteiger partial charge in [-0.2, -0.15) is 5.10 Å². The quantitative estimate of drug-likeness (QED) is 0.539. The molecule has 1 aromatic heterocycles. The molecule has 0 aliphatic carbocycles. The first-order valence-corrected chi connectivity index (χ1v) is 9.75. The Kier molecular flexibility index (Phi) is 5.57. The van der Waals surface area contributed by atoms with Crippen LogP contribution in [0.2, 0.25) is 0 Å². The van der Waals surface area contributed by atoms with Crippen LogP contribution in [-0.4, -0.2) is 31.7 Å². The van der Waals surface area contributed by atoms with E-state index in [0.717, 1.165) is 0 Å². The Balaban J connectivity index is 2.06. The van der Waals surface area contributed by atoms with Gasteiger partial charge in [-0.05, 0) is 48.5 Å². The number of halogens is 1. The Labute approximate surface area is 161 Å². The lowest BCUT2D eigenvalue weighted by molar-refractivity contribution is 0.0600. The molecule has 0 amide bonds. The van der Waals surface area contributed by atoms with Crippen LogP contribution in [0.15, 0.2) is 59.6 Å². The minimum absolute atomic E-state index is 0.0237. The summed E-state index contributed by atoms with van der Waals surface area (Å²) in [4.78, 5) is 11.8. The molecule has 0 unspecified atom stereocenters. The average molecular weight is 398 g/mol. The lowest BCUT2D eigenvalue weighted by Gasteiger charge is -2.08. The van der Waals surface area contributed by atoms with E-state index in [-0.39, 0.29) is 21.8 Å². The Morgan fingerprint density at radius 3 is 2.54 bits per heavy atom. The second-order valence-electron chi connectivity index (χ2n) is 5.80. The molecule has 0 saturated carbocycles. The molecule has 3 aromatic rings. The molecule has 8 heteroatoms. The molecule has 0 saturated heterocycles. The lowest BCUT2D eigenvalue weighted by Crippen LogP contribution is -2.09. The first-order valence-electron chi connectivity index (χ1n) is 8.10. The van der Waals surface area contributed by atoms with Crippen molar-refractivity contribution in [2.24, 2.45) is 0 Å². The van der Waals surface area contributed by atoms with Gasteiger partial charge >= 0.3 is 5.97 Å². The second kappa shape index (κ2) is 8.06. The van der Waals surface area contributed by atoms with Crippen molar-refractivity contribution in [2.75, 3.05) is 7.11 Å². The molecule has 6 nitrogen and oxygen atoms in total. The summed E-state index contributed by atoms with van der Waals surface area (Å²) in [6.45, 7) is 0. The third-order valence-corrected chi connectivity index (χ3v) is 5.54. The zero-order valence-corrected chi connectivity index (χ0v) is 15.6. The second-order valence-corrected chi connectivity index (χ2v) is 7.76. The SMILES string of the molecule is COC(=O)c1ccc(S(=O)(=O)Cc2ccn[nH]2)c(C#Cc2ccc(F)cc2)c1. The summed E-state index contributed by atoms with van der Waals surface area (Å²) in [5.74, 6) is 4.25. The summed E-state index contributed by atoms with van der Waals surface area (Å²) < 4.78 is 43.4. The van der Waals surface area contributed by atoms with E-state index < -0.39 is 21.6 Å². The van der Waals surface area contributed by atoms with Crippen molar-refractivity contribution in [1.29, 1.82) is 0 Å². The minimum Gasteiger partial charge on any atom is -0.465 e. The molecule has 0 radical (unpaired) electrons. The zero-order chi connectivity index (χ0) is 20.1. The van der Waals surface area contributed by atoms with Gasteiger partial charge in [0.15, 0.2) is 9.84 Å². The summed E-state index contributed by atoms with van der Waals surface area (Å²) in [6, 6.07) is 11.1. The van der Waals surface area contributed by atoms with Gasteiger partial charge in [-0.15, -0.1) is 0 Å². The molecular formula is C20H15FN2O4S. The maximum atomic E-state index is 13.0. The summed E-state index contributed by atoms with van der Waals surface area (Å²) in [5, 5.41) is 6.35. The van der Waals surface area contributed by atoms with E-state index in [1.54, 1.807) is 6.07 Å². The van der Waals surface area contributed by atoms with Crippen molar-refractivity contribution in [3.8, 4) is 11.8 Å². The van der Waals surface area contributed by atoms with Crippen LogP contribution in [0.1, 0.15) is 27.2 Å². The number of hydrogen-bond donors (Lipinski definition) is 1. The van der Waals surface area contributed by atoms with Gasteiger partial charge in [0.2, 0.25) is 0 Å². The summed E-state index contributed by atoms with van der Waals surface area (Å²) in [6.07, 6.45) is 1.46. The van der Waals surface area contributed by atoms with Crippen LogP contribution < -0.4 is 0 Å². The standard InChI is InChI=1S/C20H15FN2O4S/c1-27-20(24)16-6-9-19(28(25,26)13-18-10-11-22-23-18)15(12-16)5-2-14-3-7-17(21)8-4-14/h3-4,6-12H,13H2,1H3,(H,22,23). The average Bonchev–Trinajstić information content (AvgIpc) is 3.19. The maximum Gasteiger partial charge on any atom is 0.337 e. The molecule has 1 heterocycles. The monoisotopic (exact) mass is 398 g/mol. The van der Waals surface area contributed by atoms with Crippen molar-refractivity contribution in [1.82, 2.24) is 10.2 Å². The first-order chi connectivity index (χ1) is 13.4. The third-order valence-electron chi connectivity index (χ3n) is 3.83. The molecule has 0 bridgehead atoms. The Hall–Kier alpha value is -3.44. The minimum atomic E-state index is -3.76. The van der Waals surface area contributed by atoms with Crippen LogP contribution in [-0.2, 0) is 20.3 Å². The van der Waals surface area contributed by atoms with Crippen LogP contribution in [0.25, 0.3) is 0 Å². The number of esters is 1. The molecule has 142 valence electrons. The molecule has 1 N–H and O–H groups in total. The van der Waals surface area contributed by atoms with Crippen molar-refractivity contribution in [2.45, 2.75) is 10.6 Å². The molecule has 0 aliphatic heterocycles. The first kappa shape index (κ1) is 19.3. The van der Waals surface area contributed by atoms with Crippen LogP contribution in [0.3, 0.4) is 0 Å². The fourth-order valence-corrected chi connectivity index (χ4v) is 3.91. The largest absolute Gasteiger partial charge is 0.465 e. The van der Waals surface area contributed by atoms with Gasteiger partial charge in [-0.3, -0.25) is 5.10 Å². The lowest BCUT2D eigenvalue weighted by atomic mass is 10.1. The van der Waals surface area contributed by atoms with Crippen molar-refractivity contribution < 1.29 is 22.3 Å². The number of aromatic nitrogens is 2. The highest BCUT2D eigenvalue weighted by Crippen LogP contribution is 2.21. The number of rotatable bonds is 4. The van der Waals surface area contributed by atoms with E-state index in [0.29, 0.717) is 11.3 Å². The molecular weight excluding hydrogens is 383 g/mol. The van der Waals surface area contributed by atoms with E-state index in [9.17, 15) is 17.6 Å². The predicted molar refractivity (Wildman–Crippen MR) is 99.6 cm³/mol. The number of nitrogens with one attached hydrogen (secondary N) is 1. The topological polar surface area (TPSA) is 89.1 Å². The molecule has 0 atom stereocenters. The van der Waals surface area contributed by atoms with Crippen molar-refractivity contribution in [3.05, 3.63) is 82.9 Å². The number of sulfone groups is 1. The third kappa shape index (κ3) is 4.45. The number of methoxy groups -OCH3 is 1. The Morgan fingerprint density at radius 2 is 1.89 bits per heavy atom.